The minimum atomic E-state index is -1.32. The van der Waals surface area contributed by atoms with E-state index in [4.69, 9.17) is 0 Å². The number of fused-ring (bicyclic) bond motifs is 6. The summed E-state index contributed by atoms with van der Waals surface area (Å²) in [7, 11) is 0. The molecule has 1 spiro atoms. The van der Waals surface area contributed by atoms with E-state index in [9.17, 15) is 14.4 Å². The summed E-state index contributed by atoms with van der Waals surface area (Å²) in [5.41, 5.74) is 2.64. The first-order valence-corrected chi connectivity index (χ1v) is 13.2. The number of para-hydroxylation sites is 2. The number of aromatic nitrogens is 1. The molecular formula is C32H24N4O3. The smallest absolute Gasteiger partial charge is 0.250 e. The number of carbonyl (C=O) groups excluding carboxylic acids is 3. The van der Waals surface area contributed by atoms with Crippen LogP contribution in [-0.4, -0.2) is 28.7 Å². The third kappa shape index (κ3) is 2.93. The Morgan fingerprint density at radius 2 is 1.56 bits per heavy atom. The van der Waals surface area contributed by atoms with Crippen molar-refractivity contribution in [3.05, 3.63) is 108 Å². The van der Waals surface area contributed by atoms with E-state index in [0.29, 0.717) is 23.4 Å². The number of hydrogen-bond acceptors (Lipinski definition) is 4. The first-order chi connectivity index (χ1) is 19.1. The minimum Gasteiger partial charge on any atom is -0.361 e. The number of H-pyrrole nitrogens is 1. The van der Waals surface area contributed by atoms with Gasteiger partial charge in [-0.3, -0.25) is 19.7 Å². The van der Waals surface area contributed by atoms with Crippen LogP contribution in [0.1, 0.15) is 11.1 Å². The van der Waals surface area contributed by atoms with Gasteiger partial charge in [0.1, 0.15) is 5.54 Å². The van der Waals surface area contributed by atoms with Crippen LogP contribution in [0.3, 0.4) is 0 Å². The Morgan fingerprint density at radius 3 is 2.46 bits per heavy atom. The summed E-state index contributed by atoms with van der Waals surface area (Å²) in [6, 6.07) is 28.5. The van der Waals surface area contributed by atoms with Crippen molar-refractivity contribution < 1.29 is 14.4 Å². The molecule has 3 aliphatic rings. The van der Waals surface area contributed by atoms with Crippen molar-refractivity contribution in [3.8, 4) is 0 Å². The minimum absolute atomic E-state index is 0.272. The van der Waals surface area contributed by atoms with Gasteiger partial charge in [0.25, 0.3) is 0 Å². The van der Waals surface area contributed by atoms with Crippen molar-refractivity contribution >= 4 is 50.8 Å². The summed E-state index contributed by atoms with van der Waals surface area (Å²) in [6.45, 7) is 0. The molecule has 1 aromatic heterocycles. The van der Waals surface area contributed by atoms with E-state index >= 15 is 0 Å². The first-order valence-electron chi connectivity index (χ1n) is 13.2. The predicted molar refractivity (Wildman–Crippen MR) is 149 cm³/mol. The van der Waals surface area contributed by atoms with Crippen LogP contribution in [0.2, 0.25) is 0 Å². The Balaban J connectivity index is 1.28. The number of nitrogens with one attached hydrogen (secondary N) is 3. The third-order valence-electron chi connectivity index (χ3n) is 8.73. The van der Waals surface area contributed by atoms with Crippen LogP contribution in [0.15, 0.2) is 97.2 Å². The summed E-state index contributed by atoms with van der Waals surface area (Å²) in [5, 5.41) is 9.56. The number of amides is 3. The number of hydrogen-bond donors (Lipinski definition) is 3. The normalized spacial score (nSPS) is 25.6. The summed E-state index contributed by atoms with van der Waals surface area (Å²) in [5.74, 6) is -2.47. The summed E-state index contributed by atoms with van der Waals surface area (Å²) in [6.07, 6.45) is 2.45. The Bertz CT molecular complexity index is 1860. The highest BCUT2D eigenvalue weighted by atomic mass is 16.2. The molecule has 2 fully saturated rings. The molecule has 0 saturated carbocycles. The SMILES string of the molecule is O=C1C2C(Cc3c[nH]c4ccccc34)NC3(C(=O)Nc4ccccc43)C2C(=O)N1c1ccc2ccccc2c1. The van der Waals surface area contributed by atoms with Crippen LogP contribution in [0.25, 0.3) is 21.7 Å². The molecule has 3 aliphatic heterocycles. The second-order valence-corrected chi connectivity index (χ2v) is 10.7. The lowest BCUT2D eigenvalue weighted by atomic mass is 9.76. The predicted octanol–water partition coefficient (Wildman–Crippen LogP) is 4.49. The quantitative estimate of drug-likeness (QED) is 0.311. The van der Waals surface area contributed by atoms with Gasteiger partial charge in [-0.25, -0.2) is 4.90 Å². The molecule has 2 saturated heterocycles. The second-order valence-electron chi connectivity index (χ2n) is 10.7. The number of rotatable bonds is 3. The number of anilines is 2. The number of nitrogens with zero attached hydrogens (tertiary/aromatic N) is 1. The summed E-state index contributed by atoms with van der Waals surface area (Å²) in [4.78, 5) is 46.9. The molecule has 8 rings (SSSR count). The van der Waals surface area contributed by atoms with Crippen LogP contribution in [0.5, 0.6) is 0 Å². The van der Waals surface area contributed by atoms with Crippen molar-refractivity contribution in [3.63, 3.8) is 0 Å². The average Bonchev–Trinajstić information content (AvgIpc) is 3.67. The largest absolute Gasteiger partial charge is 0.361 e. The molecule has 5 aromatic rings. The van der Waals surface area contributed by atoms with Crippen LogP contribution in [-0.2, 0) is 26.3 Å². The number of imide groups is 1. The maximum Gasteiger partial charge on any atom is 0.250 e. The highest BCUT2D eigenvalue weighted by Crippen LogP contribution is 2.54. The molecule has 0 aliphatic carbocycles. The topological polar surface area (TPSA) is 94.3 Å². The molecule has 0 radical (unpaired) electrons. The highest BCUT2D eigenvalue weighted by Gasteiger charge is 2.70. The van der Waals surface area contributed by atoms with Gasteiger partial charge in [-0.05, 0) is 47.0 Å². The van der Waals surface area contributed by atoms with E-state index in [2.05, 4.69) is 15.6 Å². The molecular weight excluding hydrogens is 488 g/mol. The number of benzene rings is 4. The van der Waals surface area contributed by atoms with E-state index < -0.39 is 23.4 Å². The maximum atomic E-state index is 14.3. The first kappa shape index (κ1) is 22.3. The lowest BCUT2D eigenvalue weighted by molar-refractivity contribution is -0.130. The number of aromatic amines is 1. The van der Waals surface area contributed by atoms with Crippen LogP contribution in [0.4, 0.5) is 11.4 Å². The van der Waals surface area contributed by atoms with Gasteiger partial charge < -0.3 is 10.3 Å². The Labute approximate surface area is 223 Å². The average molecular weight is 513 g/mol. The summed E-state index contributed by atoms with van der Waals surface area (Å²) >= 11 is 0. The van der Waals surface area contributed by atoms with Crippen LogP contribution < -0.4 is 15.5 Å². The number of carbonyl (C=O) groups is 3. The van der Waals surface area contributed by atoms with Gasteiger partial charge in [-0.2, -0.15) is 0 Å². The zero-order chi connectivity index (χ0) is 26.3. The monoisotopic (exact) mass is 512 g/mol. The highest BCUT2D eigenvalue weighted by molar-refractivity contribution is 6.26. The molecule has 7 nitrogen and oxygen atoms in total. The zero-order valence-corrected chi connectivity index (χ0v) is 20.8. The Kier molecular flexibility index (Phi) is 4.50. The molecule has 4 aromatic carbocycles. The van der Waals surface area contributed by atoms with Crippen LogP contribution >= 0.6 is 0 Å². The Morgan fingerprint density at radius 1 is 0.795 bits per heavy atom. The van der Waals surface area contributed by atoms with Crippen molar-refractivity contribution in [1.82, 2.24) is 10.3 Å². The molecule has 7 heteroatoms. The van der Waals surface area contributed by atoms with E-state index in [1.54, 1.807) is 0 Å². The van der Waals surface area contributed by atoms with Crippen molar-refractivity contribution in [1.29, 1.82) is 0 Å². The molecule has 4 atom stereocenters. The fraction of sp³-hybridized carbons (Fsp3) is 0.156. The Hall–Kier alpha value is -4.75. The van der Waals surface area contributed by atoms with Gasteiger partial charge in [-0.15, -0.1) is 0 Å². The standard InChI is InChI=1S/C32H24N4O3/c37-29-27-26(16-20-17-33-24-11-5-3-9-22(20)24)35-32(23-10-4-6-12-25(23)34-31(32)39)28(27)30(38)36(29)21-14-13-18-7-1-2-8-19(18)15-21/h1-15,17,26-28,33,35H,16H2,(H,34,39). The molecule has 0 bridgehead atoms. The molecule has 4 unspecified atom stereocenters. The fourth-order valence-electron chi connectivity index (χ4n) is 7.04. The molecule has 4 heterocycles. The lowest BCUT2D eigenvalue weighted by Gasteiger charge is -2.29. The van der Waals surface area contributed by atoms with E-state index in [1.165, 1.54) is 4.90 Å². The van der Waals surface area contributed by atoms with Gasteiger partial charge >= 0.3 is 0 Å². The van der Waals surface area contributed by atoms with Crippen LogP contribution in [0, 0.1) is 11.8 Å². The molecule has 3 N–H and O–H groups in total. The van der Waals surface area contributed by atoms with E-state index in [0.717, 1.165) is 27.2 Å². The van der Waals surface area contributed by atoms with Crippen molar-refractivity contribution in [2.45, 2.75) is 18.0 Å². The summed E-state index contributed by atoms with van der Waals surface area (Å²) < 4.78 is 0. The van der Waals surface area contributed by atoms with Gasteiger partial charge in [0.15, 0.2) is 0 Å². The van der Waals surface area contributed by atoms with E-state index in [1.807, 2.05) is 97.2 Å². The second kappa shape index (κ2) is 7.88. The fourth-order valence-corrected chi connectivity index (χ4v) is 7.04. The van der Waals surface area contributed by atoms with Gasteiger partial charge in [0.05, 0.1) is 17.5 Å². The molecule has 190 valence electrons. The lowest BCUT2D eigenvalue weighted by Crippen LogP contribution is -2.53. The third-order valence-corrected chi connectivity index (χ3v) is 8.73. The molecule has 3 amide bonds. The van der Waals surface area contributed by atoms with Gasteiger partial charge in [0.2, 0.25) is 17.7 Å². The van der Waals surface area contributed by atoms with Gasteiger partial charge in [-0.1, -0.05) is 66.7 Å². The zero-order valence-electron chi connectivity index (χ0n) is 20.8. The van der Waals surface area contributed by atoms with Crippen molar-refractivity contribution in [2.24, 2.45) is 11.8 Å². The van der Waals surface area contributed by atoms with Gasteiger partial charge in [0, 0.05) is 34.4 Å². The van der Waals surface area contributed by atoms with E-state index in [-0.39, 0.29) is 17.7 Å². The molecule has 39 heavy (non-hydrogen) atoms. The maximum absolute atomic E-state index is 14.3. The van der Waals surface area contributed by atoms with Crippen molar-refractivity contribution in [2.75, 3.05) is 10.2 Å².